The molecule has 5 heterocycles. The molecule has 1 atom stereocenters. The molecule has 4 aromatic heterocycles. The Morgan fingerprint density at radius 2 is 1.92 bits per heavy atom. The number of aromatic nitrogens is 5. The Morgan fingerprint density at radius 1 is 1.06 bits per heavy atom. The van der Waals surface area contributed by atoms with Crippen LogP contribution in [-0.2, 0) is 9.47 Å². The Labute approximate surface area is 209 Å². The van der Waals surface area contributed by atoms with Gasteiger partial charge in [-0.25, -0.2) is 14.5 Å². The van der Waals surface area contributed by atoms with Crippen LogP contribution < -0.4 is 10.1 Å². The molecule has 6 rings (SSSR count). The summed E-state index contributed by atoms with van der Waals surface area (Å²) in [5.74, 6) is 2.50. The van der Waals surface area contributed by atoms with E-state index in [9.17, 15) is 0 Å². The molecule has 1 saturated heterocycles. The smallest absolute Gasteiger partial charge is 0.169 e. The van der Waals surface area contributed by atoms with Gasteiger partial charge < -0.3 is 19.5 Å². The van der Waals surface area contributed by atoms with Crippen molar-refractivity contribution in [3.05, 3.63) is 59.9 Å². The largest absolute Gasteiger partial charge is 0.489 e. The first-order valence-electron chi connectivity index (χ1n) is 12.5. The minimum atomic E-state index is -0.385. The highest BCUT2D eigenvalue weighted by Gasteiger charge is 2.43. The molecule has 1 N–H and O–H groups in total. The standard InChI is InChI=1S/C27H30N6O3/c1-17-10-23(24(14-28-17)34-15-22-16-35-27(36-22)7-4-5-8-27)20-6-9-33-21(12-20)13-26(32-33)31-25-11-18(2)29-19(3)30-25/h6,9-14,22H,4-5,7-8,15-16H2,1-3H3,(H,29,30,31,32)/t22-/m1/s1. The first-order valence-corrected chi connectivity index (χ1v) is 12.5. The van der Waals surface area contributed by atoms with Crippen molar-refractivity contribution in [2.45, 2.75) is 58.3 Å². The summed E-state index contributed by atoms with van der Waals surface area (Å²) >= 11 is 0. The van der Waals surface area contributed by atoms with Gasteiger partial charge in [-0.15, -0.1) is 0 Å². The zero-order valence-corrected chi connectivity index (χ0v) is 20.8. The molecule has 0 aromatic carbocycles. The first kappa shape index (κ1) is 22.9. The van der Waals surface area contributed by atoms with E-state index in [1.165, 1.54) is 0 Å². The highest BCUT2D eigenvalue weighted by molar-refractivity contribution is 5.75. The van der Waals surface area contributed by atoms with Crippen molar-refractivity contribution in [2.75, 3.05) is 18.5 Å². The average molecular weight is 487 g/mol. The lowest BCUT2D eigenvalue weighted by Crippen LogP contribution is -2.28. The third-order valence-electron chi connectivity index (χ3n) is 6.70. The Bertz CT molecular complexity index is 1390. The van der Waals surface area contributed by atoms with E-state index in [0.717, 1.165) is 71.1 Å². The number of aryl methyl sites for hydroxylation is 3. The number of nitrogens with zero attached hydrogens (tertiary/aromatic N) is 5. The van der Waals surface area contributed by atoms with E-state index < -0.39 is 0 Å². The van der Waals surface area contributed by atoms with E-state index in [4.69, 9.17) is 14.2 Å². The molecule has 2 aliphatic rings. The van der Waals surface area contributed by atoms with Crippen molar-refractivity contribution >= 4 is 17.2 Å². The number of nitrogens with one attached hydrogen (secondary N) is 1. The van der Waals surface area contributed by atoms with Gasteiger partial charge in [0.05, 0.1) is 18.3 Å². The summed E-state index contributed by atoms with van der Waals surface area (Å²) in [4.78, 5) is 13.2. The summed E-state index contributed by atoms with van der Waals surface area (Å²) in [6.07, 6.45) is 7.93. The van der Waals surface area contributed by atoms with Crippen molar-refractivity contribution in [2.24, 2.45) is 0 Å². The van der Waals surface area contributed by atoms with Crippen molar-refractivity contribution in [3.63, 3.8) is 0 Å². The molecule has 0 bridgehead atoms. The number of fused-ring (bicyclic) bond motifs is 1. The maximum atomic E-state index is 6.24. The maximum Gasteiger partial charge on any atom is 0.169 e. The van der Waals surface area contributed by atoms with Crippen LogP contribution in [0, 0.1) is 20.8 Å². The first-order chi connectivity index (χ1) is 17.4. The lowest BCUT2D eigenvalue weighted by atomic mass is 10.1. The second-order valence-corrected chi connectivity index (χ2v) is 9.68. The fourth-order valence-corrected chi connectivity index (χ4v) is 5.08. The zero-order valence-electron chi connectivity index (χ0n) is 20.8. The Kier molecular flexibility index (Phi) is 5.81. The van der Waals surface area contributed by atoms with Gasteiger partial charge >= 0.3 is 0 Å². The van der Waals surface area contributed by atoms with Gasteiger partial charge in [0.25, 0.3) is 0 Å². The lowest BCUT2D eigenvalue weighted by Gasteiger charge is -2.22. The summed E-state index contributed by atoms with van der Waals surface area (Å²) in [6.45, 7) is 6.81. The molecular formula is C27H30N6O3. The predicted molar refractivity (Wildman–Crippen MR) is 135 cm³/mol. The second-order valence-electron chi connectivity index (χ2n) is 9.68. The normalized spacial score (nSPS) is 18.8. The van der Waals surface area contributed by atoms with Crippen molar-refractivity contribution < 1.29 is 14.2 Å². The minimum Gasteiger partial charge on any atom is -0.489 e. The summed E-state index contributed by atoms with van der Waals surface area (Å²) in [5, 5.41) is 7.92. The van der Waals surface area contributed by atoms with Crippen LogP contribution in [-0.4, -0.2) is 49.7 Å². The van der Waals surface area contributed by atoms with Crippen molar-refractivity contribution in [1.82, 2.24) is 24.6 Å². The van der Waals surface area contributed by atoms with E-state index in [0.29, 0.717) is 19.0 Å². The molecule has 1 spiro atoms. The van der Waals surface area contributed by atoms with E-state index in [-0.39, 0.29) is 11.9 Å². The van der Waals surface area contributed by atoms with Gasteiger partial charge in [0.1, 0.15) is 30.1 Å². The lowest BCUT2D eigenvalue weighted by molar-refractivity contribution is -0.164. The third kappa shape index (κ3) is 4.64. The fraction of sp³-hybridized carbons (Fsp3) is 0.407. The molecule has 9 nitrogen and oxygen atoms in total. The van der Waals surface area contributed by atoms with Crippen LogP contribution in [0.25, 0.3) is 16.6 Å². The van der Waals surface area contributed by atoms with Crippen LogP contribution >= 0.6 is 0 Å². The molecule has 1 aliphatic heterocycles. The van der Waals surface area contributed by atoms with Crippen molar-refractivity contribution in [3.8, 4) is 16.9 Å². The average Bonchev–Trinajstić information content (AvgIpc) is 3.57. The van der Waals surface area contributed by atoms with Gasteiger partial charge in [0, 0.05) is 48.1 Å². The Balaban J connectivity index is 1.22. The number of hydrogen-bond acceptors (Lipinski definition) is 8. The van der Waals surface area contributed by atoms with Crippen molar-refractivity contribution in [1.29, 1.82) is 0 Å². The van der Waals surface area contributed by atoms with Gasteiger partial charge in [0.15, 0.2) is 11.6 Å². The number of anilines is 2. The molecule has 186 valence electrons. The van der Waals surface area contributed by atoms with Crippen LogP contribution in [0.4, 0.5) is 11.6 Å². The van der Waals surface area contributed by atoms with Gasteiger partial charge in [-0.1, -0.05) is 0 Å². The summed E-state index contributed by atoms with van der Waals surface area (Å²) < 4.78 is 20.3. The Morgan fingerprint density at radius 3 is 2.75 bits per heavy atom. The van der Waals surface area contributed by atoms with Gasteiger partial charge in [-0.2, -0.15) is 5.10 Å². The summed E-state index contributed by atoms with van der Waals surface area (Å²) in [6, 6.07) is 10.1. The van der Waals surface area contributed by atoms with Gasteiger partial charge in [-0.05, 0) is 57.4 Å². The Hall–Kier alpha value is -3.56. The predicted octanol–water partition coefficient (Wildman–Crippen LogP) is 4.92. The summed E-state index contributed by atoms with van der Waals surface area (Å²) in [7, 11) is 0. The molecular weight excluding hydrogens is 456 g/mol. The topological polar surface area (TPSA) is 95.7 Å². The fourth-order valence-electron chi connectivity index (χ4n) is 5.08. The third-order valence-corrected chi connectivity index (χ3v) is 6.70. The molecule has 0 radical (unpaired) electrons. The van der Waals surface area contributed by atoms with E-state index in [1.807, 2.05) is 55.7 Å². The van der Waals surface area contributed by atoms with E-state index in [2.05, 4.69) is 31.4 Å². The summed E-state index contributed by atoms with van der Waals surface area (Å²) in [5.41, 5.74) is 4.79. The van der Waals surface area contributed by atoms with Crippen LogP contribution in [0.3, 0.4) is 0 Å². The van der Waals surface area contributed by atoms with Crippen LogP contribution in [0.15, 0.2) is 42.7 Å². The monoisotopic (exact) mass is 486 g/mol. The molecule has 9 heteroatoms. The molecule has 36 heavy (non-hydrogen) atoms. The molecule has 0 unspecified atom stereocenters. The molecule has 0 amide bonds. The number of ether oxygens (including phenoxy) is 3. The quantitative estimate of drug-likeness (QED) is 0.410. The zero-order chi connectivity index (χ0) is 24.7. The molecule has 4 aromatic rings. The highest BCUT2D eigenvalue weighted by Crippen LogP contribution is 2.39. The van der Waals surface area contributed by atoms with E-state index >= 15 is 0 Å². The SMILES string of the molecule is Cc1cc(-c2ccn3nc(Nc4cc(C)nc(C)n4)cc3c2)c(OC[C@@H]2COC3(CCCC3)O2)cn1. The number of pyridine rings is 2. The van der Waals surface area contributed by atoms with Crippen LogP contribution in [0.1, 0.15) is 42.9 Å². The maximum absolute atomic E-state index is 6.24. The van der Waals surface area contributed by atoms with Gasteiger partial charge in [-0.3, -0.25) is 4.98 Å². The highest BCUT2D eigenvalue weighted by atomic mass is 16.8. The van der Waals surface area contributed by atoms with Crippen LogP contribution in [0.2, 0.25) is 0 Å². The second kappa shape index (κ2) is 9.15. The molecule has 1 aliphatic carbocycles. The number of hydrogen-bond donors (Lipinski definition) is 1. The van der Waals surface area contributed by atoms with Gasteiger partial charge in [0.2, 0.25) is 0 Å². The molecule has 1 saturated carbocycles. The van der Waals surface area contributed by atoms with Crippen LogP contribution in [0.5, 0.6) is 5.75 Å². The van der Waals surface area contributed by atoms with E-state index in [1.54, 1.807) is 6.20 Å². The number of rotatable bonds is 6. The molecule has 2 fully saturated rings. The minimum absolute atomic E-state index is 0.0720.